The fraction of sp³-hybridized carbons (Fsp3) is 0.543. The maximum atomic E-state index is 12.8. The number of nitrogens with two attached hydrogens (primary N) is 1. The Bertz CT molecular complexity index is 1390. The molecule has 0 bridgehead atoms. The SMILES string of the molecule is NC(=O)c1c(-c2ccc(Oc3ccccc3)cc2)nn2c1NCCC2C1CCN(C2CCN(CC3CCNCC3)CC2)CC1. The lowest BCUT2D eigenvalue weighted by molar-refractivity contribution is 0.0582. The fourth-order valence-electron chi connectivity index (χ4n) is 8.05. The number of aromatic nitrogens is 2. The van der Waals surface area contributed by atoms with Gasteiger partial charge in [-0.3, -0.25) is 4.79 Å². The number of para-hydroxylation sites is 1. The van der Waals surface area contributed by atoms with Crippen LogP contribution in [-0.2, 0) is 0 Å². The largest absolute Gasteiger partial charge is 0.457 e. The van der Waals surface area contributed by atoms with Gasteiger partial charge in [-0.05, 0) is 132 Å². The van der Waals surface area contributed by atoms with E-state index in [0.717, 1.165) is 60.9 Å². The molecule has 0 spiro atoms. The minimum atomic E-state index is -0.444. The summed E-state index contributed by atoms with van der Waals surface area (Å²) in [5.74, 6) is 3.27. The molecule has 1 amide bonds. The summed E-state index contributed by atoms with van der Waals surface area (Å²) in [6, 6.07) is 18.5. The Kier molecular flexibility index (Phi) is 8.86. The van der Waals surface area contributed by atoms with E-state index in [1.807, 2.05) is 54.6 Å². The number of primary amides is 1. The zero-order valence-electron chi connectivity index (χ0n) is 25.8. The molecular weight excluding hydrogens is 550 g/mol. The van der Waals surface area contributed by atoms with Crippen LogP contribution in [0.4, 0.5) is 5.82 Å². The Morgan fingerprint density at radius 2 is 1.55 bits per heavy atom. The van der Waals surface area contributed by atoms with Gasteiger partial charge in [-0.1, -0.05) is 18.2 Å². The zero-order chi connectivity index (χ0) is 29.9. The van der Waals surface area contributed by atoms with Crippen molar-refractivity contribution in [2.75, 3.05) is 57.7 Å². The third-order valence-electron chi connectivity index (χ3n) is 10.5. The summed E-state index contributed by atoms with van der Waals surface area (Å²) in [6.07, 6.45) is 8.62. The molecule has 1 aromatic heterocycles. The molecule has 3 fully saturated rings. The normalized spacial score (nSPS) is 22.8. The number of rotatable bonds is 8. The molecule has 7 rings (SSSR count). The van der Waals surface area contributed by atoms with E-state index in [-0.39, 0.29) is 6.04 Å². The van der Waals surface area contributed by atoms with Crippen molar-refractivity contribution in [1.82, 2.24) is 24.9 Å². The highest BCUT2D eigenvalue weighted by Crippen LogP contribution is 2.40. The topological polar surface area (TPSA) is 101 Å². The Balaban J connectivity index is 0.994. The zero-order valence-corrected chi connectivity index (χ0v) is 25.8. The number of nitrogens with one attached hydrogen (secondary N) is 2. The first-order valence-electron chi connectivity index (χ1n) is 16.8. The first kappa shape index (κ1) is 29.3. The molecule has 1 atom stereocenters. The summed E-state index contributed by atoms with van der Waals surface area (Å²) in [6.45, 7) is 9.31. The lowest BCUT2D eigenvalue weighted by Gasteiger charge is -2.44. The second-order valence-electron chi connectivity index (χ2n) is 13.2. The van der Waals surface area contributed by atoms with Gasteiger partial charge in [0.05, 0.1) is 6.04 Å². The molecule has 5 heterocycles. The number of amides is 1. The van der Waals surface area contributed by atoms with E-state index in [1.54, 1.807) is 0 Å². The number of hydrogen-bond acceptors (Lipinski definition) is 7. The number of piperidine rings is 3. The number of carbonyl (C=O) groups excluding carboxylic acids is 1. The van der Waals surface area contributed by atoms with E-state index in [2.05, 4.69) is 25.1 Å². The number of nitrogens with zero attached hydrogens (tertiary/aromatic N) is 4. The highest BCUT2D eigenvalue weighted by molar-refractivity contribution is 6.03. The number of carbonyl (C=O) groups is 1. The van der Waals surface area contributed by atoms with E-state index < -0.39 is 5.91 Å². The van der Waals surface area contributed by atoms with Gasteiger partial charge < -0.3 is 30.9 Å². The lowest BCUT2D eigenvalue weighted by atomic mass is 9.85. The van der Waals surface area contributed by atoms with Gasteiger partial charge in [0.2, 0.25) is 0 Å². The molecular formula is C35H47N7O2. The molecule has 9 heteroatoms. The second kappa shape index (κ2) is 13.3. The van der Waals surface area contributed by atoms with E-state index in [0.29, 0.717) is 17.2 Å². The van der Waals surface area contributed by atoms with Crippen molar-refractivity contribution >= 4 is 11.7 Å². The summed E-state index contributed by atoms with van der Waals surface area (Å²) in [4.78, 5) is 18.3. The minimum Gasteiger partial charge on any atom is -0.457 e. The van der Waals surface area contributed by atoms with E-state index in [1.165, 1.54) is 71.2 Å². The molecule has 234 valence electrons. The molecule has 3 saturated heterocycles. The minimum absolute atomic E-state index is 0.271. The summed E-state index contributed by atoms with van der Waals surface area (Å²) in [7, 11) is 0. The van der Waals surface area contributed by atoms with Gasteiger partial charge in [0.1, 0.15) is 28.6 Å². The average molecular weight is 598 g/mol. The van der Waals surface area contributed by atoms with Crippen LogP contribution in [0.15, 0.2) is 54.6 Å². The van der Waals surface area contributed by atoms with Crippen LogP contribution in [0.5, 0.6) is 11.5 Å². The monoisotopic (exact) mass is 597 g/mol. The Labute approximate surface area is 261 Å². The molecule has 0 radical (unpaired) electrons. The van der Waals surface area contributed by atoms with Crippen LogP contribution in [0, 0.1) is 11.8 Å². The van der Waals surface area contributed by atoms with Crippen LogP contribution in [-0.4, -0.2) is 83.9 Å². The molecule has 4 aliphatic rings. The molecule has 0 saturated carbocycles. The molecule has 4 N–H and O–H groups in total. The molecule has 44 heavy (non-hydrogen) atoms. The standard InChI is InChI=1S/C35H47N7O2/c36-34(43)32-33(27-6-8-30(9-7-27)44-29-4-2-1-3-5-29)39-42-31(12-19-38-35(32)42)26-13-22-41(23-14-26)28-15-20-40(21-16-28)24-25-10-17-37-18-11-25/h1-9,25-26,28,31,37-38H,10-24H2,(H2,36,43). The summed E-state index contributed by atoms with van der Waals surface area (Å²) in [5.41, 5.74) is 7.96. The predicted octanol–water partition coefficient (Wildman–Crippen LogP) is 4.97. The van der Waals surface area contributed by atoms with Gasteiger partial charge in [-0.2, -0.15) is 5.10 Å². The van der Waals surface area contributed by atoms with Crippen LogP contribution in [0.2, 0.25) is 0 Å². The lowest BCUT2D eigenvalue weighted by Crippen LogP contribution is -2.49. The first-order valence-corrected chi connectivity index (χ1v) is 16.8. The number of benzene rings is 2. The average Bonchev–Trinajstić information content (AvgIpc) is 3.47. The van der Waals surface area contributed by atoms with Crippen molar-refractivity contribution in [3.63, 3.8) is 0 Å². The van der Waals surface area contributed by atoms with Crippen molar-refractivity contribution in [3.8, 4) is 22.8 Å². The van der Waals surface area contributed by atoms with E-state index in [9.17, 15) is 4.79 Å². The van der Waals surface area contributed by atoms with Gasteiger partial charge >= 0.3 is 0 Å². The second-order valence-corrected chi connectivity index (χ2v) is 13.2. The van der Waals surface area contributed by atoms with Gasteiger partial charge in [0.15, 0.2) is 0 Å². The van der Waals surface area contributed by atoms with Gasteiger partial charge in [-0.15, -0.1) is 0 Å². The van der Waals surface area contributed by atoms with Crippen molar-refractivity contribution < 1.29 is 9.53 Å². The highest BCUT2D eigenvalue weighted by atomic mass is 16.5. The third kappa shape index (κ3) is 6.36. The summed E-state index contributed by atoms with van der Waals surface area (Å²) < 4.78 is 8.07. The maximum Gasteiger partial charge on any atom is 0.254 e. The van der Waals surface area contributed by atoms with Crippen LogP contribution >= 0.6 is 0 Å². The fourth-order valence-corrected chi connectivity index (χ4v) is 8.05. The van der Waals surface area contributed by atoms with Gasteiger partial charge in [0.25, 0.3) is 5.91 Å². The molecule has 4 aliphatic heterocycles. The number of fused-ring (bicyclic) bond motifs is 1. The summed E-state index contributed by atoms with van der Waals surface area (Å²) >= 11 is 0. The third-order valence-corrected chi connectivity index (χ3v) is 10.5. The Hall–Kier alpha value is -3.40. The van der Waals surface area contributed by atoms with Gasteiger partial charge in [-0.25, -0.2) is 4.68 Å². The maximum absolute atomic E-state index is 12.8. The van der Waals surface area contributed by atoms with Crippen molar-refractivity contribution in [2.45, 2.75) is 57.0 Å². The number of hydrogen-bond donors (Lipinski definition) is 3. The van der Waals surface area contributed by atoms with Crippen LogP contribution < -0.4 is 21.1 Å². The van der Waals surface area contributed by atoms with E-state index >= 15 is 0 Å². The van der Waals surface area contributed by atoms with E-state index in [4.69, 9.17) is 15.6 Å². The van der Waals surface area contributed by atoms with Crippen molar-refractivity contribution in [1.29, 1.82) is 0 Å². The number of anilines is 1. The molecule has 3 aromatic rings. The predicted molar refractivity (Wildman–Crippen MR) is 174 cm³/mol. The molecule has 1 unspecified atom stereocenters. The van der Waals surface area contributed by atoms with Crippen LogP contribution in [0.3, 0.4) is 0 Å². The first-order chi connectivity index (χ1) is 21.6. The number of likely N-dealkylation sites (tertiary alicyclic amines) is 2. The highest BCUT2D eigenvalue weighted by Gasteiger charge is 2.37. The van der Waals surface area contributed by atoms with Crippen molar-refractivity contribution in [2.24, 2.45) is 17.6 Å². The van der Waals surface area contributed by atoms with Crippen LogP contribution in [0.1, 0.15) is 61.3 Å². The van der Waals surface area contributed by atoms with Gasteiger partial charge in [0, 0.05) is 24.7 Å². The number of ether oxygens (including phenoxy) is 1. The Morgan fingerprint density at radius 3 is 2.25 bits per heavy atom. The quantitative estimate of drug-likeness (QED) is 0.337. The Morgan fingerprint density at radius 1 is 0.841 bits per heavy atom. The molecule has 9 nitrogen and oxygen atoms in total. The molecule has 0 aliphatic carbocycles. The molecule has 2 aromatic carbocycles. The van der Waals surface area contributed by atoms with Crippen LogP contribution in [0.25, 0.3) is 11.3 Å². The smallest absolute Gasteiger partial charge is 0.254 e. The summed E-state index contributed by atoms with van der Waals surface area (Å²) in [5, 5.41) is 12.0. The van der Waals surface area contributed by atoms with Crippen molar-refractivity contribution in [3.05, 3.63) is 60.2 Å².